The molecule has 0 spiro atoms. The number of ether oxygens (including phenoxy) is 1. The predicted molar refractivity (Wildman–Crippen MR) is 106 cm³/mol. The maximum Gasteiger partial charge on any atom is 0.224 e. The quantitative estimate of drug-likeness (QED) is 0.835. The fourth-order valence-corrected chi connectivity index (χ4v) is 4.24. The van der Waals surface area contributed by atoms with Gasteiger partial charge in [-0.25, -0.2) is 0 Å². The number of likely N-dealkylation sites (N-methyl/N-ethyl adjacent to an activating group) is 1. The molecule has 1 amide bonds. The van der Waals surface area contributed by atoms with Crippen molar-refractivity contribution in [1.29, 1.82) is 0 Å². The highest BCUT2D eigenvalue weighted by Crippen LogP contribution is 2.34. The Morgan fingerprint density at radius 3 is 2.72 bits per heavy atom. The molecule has 2 unspecified atom stereocenters. The van der Waals surface area contributed by atoms with Crippen molar-refractivity contribution in [1.82, 2.24) is 5.32 Å². The SMILES string of the molecule is CN1CCOc2ccc(NC(=O)CC3CC4CCC(C3)N4)cc21.Cl.Cl. The van der Waals surface area contributed by atoms with Crippen molar-refractivity contribution in [2.45, 2.75) is 44.2 Å². The number of nitrogens with one attached hydrogen (secondary N) is 2. The van der Waals surface area contributed by atoms with Crippen LogP contribution in [-0.2, 0) is 4.79 Å². The van der Waals surface area contributed by atoms with E-state index in [0.717, 1.165) is 36.5 Å². The summed E-state index contributed by atoms with van der Waals surface area (Å²) < 4.78 is 5.64. The van der Waals surface area contributed by atoms with Crippen LogP contribution in [0.2, 0.25) is 0 Å². The minimum absolute atomic E-state index is 0. The van der Waals surface area contributed by atoms with Gasteiger partial charge in [-0.1, -0.05) is 0 Å². The van der Waals surface area contributed by atoms with Crippen LogP contribution in [0.4, 0.5) is 11.4 Å². The second-order valence-corrected chi connectivity index (χ2v) is 7.18. The summed E-state index contributed by atoms with van der Waals surface area (Å²) in [4.78, 5) is 14.6. The van der Waals surface area contributed by atoms with Gasteiger partial charge in [0.2, 0.25) is 5.91 Å². The highest BCUT2D eigenvalue weighted by atomic mass is 35.5. The van der Waals surface area contributed by atoms with Gasteiger partial charge in [0.15, 0.2) is 0 Å². The maximum absolute atomic E-state index is 12.4. The molecule has 140 valence electrons. The van der Waals surface area contributed by atoms with E-state index in [1.165, 1.54) is 12.8 Å². The van der Waals surface area contributed by atoms with E-state index in [-0.39, 0.29) is 30.7 Å². The van der Waals surface area contributed by atoms with Gasteiger partial charge < -0.3 is 20.3 Å². The first-order chi connectivity index (χ1) is 11.2. The number of anilines is 2. The summed E-state index contributed by atoms with van der Waals surface area (Å²) in [7, 11) is 2.05. The van der Waals surface area contributed by atoms with Crippen LogP contribution < -0.4 is 20.3 Å². The van der Waals surface area contributed by atoms with Gasteiger partial charge in [0.25, 0.3) is 0 Å². The molecule has 0 aromatic heterocycles. The van der Waals surface area contributed by atoms with Gasteiger partial charge in [-0.3, -0.25) is 4.79 Å². The van der Waals surface area contributed by atoms with Crippen molar-refractivity contribution in [3.05, 3.63) is 18.2 Å². The maximum atomic E-state index is 12.4. The number of carbonyl (C=O) groups is 1. The smallest absolute Gasteiger partial charge is 0.224 e. The van der Waals surface area contributed by atoms with Crippen LogP contribution in [0.5, 0.6) is 5.75 Å². The standard InChI is InChI=1S/C18H25N3O2.2ClH/c1-21-6-7-23-17-5-4-15(11-16(17)21)20-18(22)10-12-8-13-2-3-14(9-12)19-13;;/h4-5,11-14,19H,2-3,6-10H2,1H3,(H,20,22);2*1H. The molecule has 0 radical (unpaired) electrons. The molecule has 2 fully saturated rings. The molecule has 3 aliphatic heterocycles. The molecule has 2 atom stereocenters. The molecule has 2 saturated heterocycles. The lowest BCUT2D eigenvalue weighted by Crippen LogP contribution is -2.39. The number of nitrogens with zero attached hydrogens (tertiary/aromatic N) is 1. The highest BCUT2D eigenvalue weighted by Gasteiger charge is 2.34. The number of fused-ring (bicyclic) bond motifs is 3. The molecule has 1 aromatic rings. The lowest BCUT2D eigenvalue weighted by Gasteiger charge is -2.29. The molecule has 0 aliphatic carbocycles. The molecule has 5 nitrogen and oxygen atoms in total. The number of benzene rings is 1. The number of rotatable bonds is 3. The molecule has 25 heavy (non-hydrogen) atoms. The van der Waals surface area contributed by atoms with Gasteiger partial charge in [0.05, 0.1) is 12.2 Å². The molecule has 2 N–H and O–H groups in total. The number of hydrogen-bond acceptors (Lipinski definition) is 4. The van der Waals surface area contributed by atoms with Crippen LogP contribution in [0.25, 0.3) is 0 Å². The molecule has 3 aliphatic rings. The lowest BCUT2D eigenvalue weighted by molar-refractivity contribution is -0.117. The van der Waals surface area contributed by atoms with Crippen LogP contribution in [0.1, 0.15) is 32.1 Å². The minimum Gasteiger partial charge on any atom is -0.490 e. The van der Waals surface area contributed by atoms with E-state index >= 15 is 0 Å². The normalized spacial score (nSPS) is 26.6. The average Bonchev–Trinajstić information content (AvgIpc) is 2.87. The van der Waals surface area contributed by atoms with E-state index < -0.39 is 0 Å². The largest absolute Gasteiger partial charge is 0.490 e. The third kappa shape index (κ3) is 4.52. The van der Waals surface area contributed by atoms with Gasteiger partial charge in [-0.2, -0.15) is 0 Å². The van der Waals surface area contributed by atoms with Crippen molar-refractivity contribution in [3.63, 3.8) is 0 Å². The Balaban J connectivity index is 0.00000113. The van der Waals surface area contributed by atoms with Crippen molar-refractivity contribution in [3.8, 4) is 5.75 Å². The Labute approximate surface area is 161 Å². The van der Waals surface area contributed by atoms with Gasteiger partial charge in [-0.15, -0.1) is 24.8 Å². The van der Waals surface area contributed by atoms with E-state index in [4.69, 9.17) is 4.74 Å². The Hall–Kier alpha value is -1.17. The minimum atomic E-state index is 0. The van der Waals surface area contributed by atoms with Crippen LogP contribution in [0.15, 0.2) is 18.2 Å². The average molecular weight is 388 g/mol. The third-order valence-corrected chi connectivity index (χ3v) is 5.38. The summed E-state index contributed by atoms with van der Waals surface area (Å²) in [5, 5.41) is 6.70. The number of halogens is 2. The highest BCUT2D eigenvalue weighted by molar-refractivity contribution is 5.91. The second-order valence-electron chi connectivity index (χ2n) is 7.18. The van der Waals surface area contributed by atoms with E-state index in [1.807, 2.05) is 18.2 Å². The number of piperidine rings is 1. The van der Waals surface area contributed by atoms with Crippen molar-refractivity contribution in [2.24, 2.45) is 5.92 Å². The summed E-state index contributed by atoms with van der Waals surface area (Å²) in [6.45, 7) is 1.59. The molecule has 1 aromatic carbocycles. The summed E-state index contributed by atoms with van der Waals surface area (Å²) in [6, 6.07) is 7.17. The topological polar surface area (TPSA) is 53.6 Å². The predicted octanol–water partition coefficient (Wildman–Crippen LogP) is 3.22. The fourth-order valence-electron chi connectivity index (χ4n) is 4.24. The zero-order valence-corrected chi connectivity index (χ0v) is 16.1. The Morgan fingerprint density at radius 2 is 2.00 bits per heavy atom. The zero-order valence-electron chi connectivity index (χ0n) is 14.5. The summed E-state index contributed by atoms with van der Waals surface area (Å²) in [6.07, 6.45) is 5.48. The van der Waals surface area contributed by atoms with E-state index in [2.05, 4.69) is 22.6 Å². The van der Waals surface area contributed by atoms with E-state index in [0.29, 0.717) is 31.0 Å². The zero-order chi connectivity index (χ0) is 15.8. The number of carbonyl (C=O) groups excluding carboxylic acids is 1. The Bertz CT molecular complexity index is 602. The van der Waals surface area contributed by atoms with Crippen LogP contribution in [0.3, 0.4) is 0 Å². The fraction of sp³-hybridized carbons (Fsp3) is 0.611. The first-order valence-electron chi connectivity index (χ1n) is 8.71. The molecule has 7 heteroatoms. The molecule has 0 saturated carbocycles. The summed E-state index contributed by atoms with van der Waals surface area (Å²) in [5.74, 6) is 1.56. The molecule has 2 bridgehead atoms. The van der Waals surface area contributed by atoms with Crippen LogP contribution >= 0.6 is 24.8 Å². The first kappa shape index (κ1) is 20.1. The third-order valence-electron chi connectivity index (χ3n) is 5.38. The summed E-state index contributed by atoms with van der Waals surface area (Å²) >= 11 is 0. The van der Waals surface area contributed by atoms with E-state index in [9.17, 15) is 4.79 Å². The van der Waals surface area contributed by atoms with Crippen LogP contribution in [0, 0.1) is 5.92 Å². The Morgan fingerprint density at radius 1 is 1.28 bits per heavy atom. The van der Waals surface area contributed by atoms with Crippen molar-refractivity contribution < 1.29 is 9.53 Å². The second kappa shape index (κ2) is 8.47. The van der Waals surface area contributed by atoms with Crippen LogP contribution in [-0.4, -0.2) is 38.2 Å². The van der Waals surface area contributed by atoms with Gasteiger partial charge in [0, 0.05) is 31.2 Å². The van der Waals surface area contributed by atoms with Gasteiger partial charge in [0.1, 0.15) is 12.4 Å². The van der Waals surface area contributed by atoms with E-state index in [1.54, 1.807) is 0 Å². The van der Waals surface area contributed by atoms with Crippen molar-refractivity contribution in [2.75, 3.05) is 30.4 Å². The van der Waals surface area contributed by atoms with Crippen molar-refractivity contribution >= 4 is 42.1 Å². The number of hydrogen-bond donors (Lipinski definition) is 2. The summed E-state index contributed by atoms with van der Waals surface area (Å²) in [5.41, 5.74) is 1.91. The first-order valence-corrected chi connectivity index (χ1v) is 8.71. The van der Waals surface area contributed by atoms with Gasteiger partial charge in [-0.05, 0) is 49.8 Å². The molecular formula is C18H27Cl2N3O2. The molecule has 3 heterocycles. The Kier molecular flexibility index (Phi) is 6.83. The monoisotopic (exact) mass is 387 g/mol. The van der Waals surface area contributed by atoms with Gasteiger partial charge >= 0.3 is 0 Å². The lowest BCUT2D eigenvalue weighted by atomic mass is 9.89. The molecule has 4 rings (SSSR count). The molecular weight excluding hydrogens is 361 g/mol. The number of amides is 1.